The van der Waals surface area contributed by atoms with Crippen LogP contribution in [0, 0.1) is 0 Å². The van der Waals surface area contributed by atoms with Gasteiger partial charge in [0, 0.05) is 0 Å². The lowest BCUT2D eigenvalue weighted by atomic mass is 10.9. The molecule has 0 fully saturated rings. The molecule has 7 nitrogen and oxygen atoms in total. The summed E-state index contributed by atoms with van der Waals surface area (Å²) in [7, 11) is 1.47. The molecule has 0 saturated heterocycles. The molecule has 0 spiro atoms. The van der Waals surface area contributed by atoms with Crippen LogP contribution in [0.4, 0.5) is 5.95 Å². The first kappa shape index (κ1) is 12.3. The average Bonchev–Trinajstić information content (AvgIpc) is 2.76. The lowest BCUT2D eigenvalue weighted by Crippen LogP contribution is -2.01. The van der Waals surface area contributed by atoms with Crippen molar-refractivity contribution in [2.24, 2.45) is 0 Å². The van der Waals surface area contributed by atoms with Gasteiger partial charge in [-0.2, -0.15) is 15.0 Å². The van der Waals surface area contributed by atoms with E-state index >= 15 is 0 Å². The van der Waals surface area contributed by atoms with Crippen LogP contribution in [0.3, 0.4) is 0 Å². The van der Waals surface area contributed by atoms with E-state index in [0.29, 0.717) is 5.16 Å². The number of methoxy groups -OCH3 is 1. The third kappa shape index (κ3) is 3.17. The van der Waals surface area contributed by atoms with Gasteiger partial charge >= 0.3 is 6.01 Å². The molecule has 0 aliphatic carbocycles. The molecule has 2 aromatic rings. The maximum atomic E-state index is 5.53. The van der Waals surface area contributed by atoms with Crippen molar-refractivity contribution < 1.29 is 4.74 Å². The Morgan fingerprint density at radius 3 is 2.59 bits per heavy atom. The fourth-order valence-corrected chi connectivity index (χ4v) is 3.18. The predicted molar refractivity (Wildman–Crippen MR) is 66.6 cm³/mol. The van der Waals surface area contributed by atoms with E-state index in [2.05, 4.69) is 25.1 Å². The molecule has 17 heavy (non-hydrogen) atoms. The largest absolute Gasteiger partial charge is 0.467 e. The topological polar surface area (TPSA) is 99.7 Å². The highest BCUT2D eigenvalue weighted by molar-refractivity contribution is 8.02. The molecule has 0 amide bonds. The number of anilines is 1. The standard InChI is InChI=1S/C7H8N6OS3/c1-14-4-9-3(8)10-5(11-4)16-7-13-12-6(15-2)17-7/h1-2H3,(H2,8,9,10,11). The smallest absolute Gasteiger partial charge is 0.321 e. The maximum Gasteiger partial charge on any atom is 0.321 e. The van der Waals surface area contributed by atoms with Gasteiger partial charge in [0.1, 0.15) is 0 Å². The lowest BCUT2D eigenvalue weighted by molar-refractivity contribution is 0.374. The molecule has 90 valence electrons. The molecule has 2 aromatic heterocycles. The van der Waals surface area contributed by atoms with Gasteiger partial charge in [0.15, 0.2) is 8.68 Å². The minimum Gasteiger partial charge on any atom is -0.467 e. The van der Waals surface area contributed by atoms with Crippen LogP contribution in [-0.4, -0.2) is 38.5 Å². The second-order valence-corrected chi connectivity index (χ2v) is 5.85. The van der Waals surface area contributed by atoms with Crippen LogP contribution in [0.1, 0.15) is 0 Å². The Hall–Kier alpha value is -1.13. The minimum absolute atomic E-state index is 0.119. The molecule has 0 aliphatic heterocycles. The van der Waals surface area contributed by atoms with Crippen molar-refractivity contribution in [2.45, 2.75) is 13.8 Å². The minimum atomic E-state index is 0.119. The van der Waals surface area contributed by atoms with E-state index in [1.54, 1.807) is 11.8 Å². The summed E-state index contributed by atoms with van der Waals surface area (Å²) < 4.78 is 6.55. The first-order valence-corrected chi connectivity index (χ1v) is 7.18. The van der Waals surface area contributed by atoms with E-state index in [1.807, 2.05) is 6.26 Å². The fraction of sp³-hybridized carbons (Fsp3) is 0.286. The van der Waals surface area contributed by atoms with E-state index in [0.717, 1.165) is 8.68 Å². The summed E-state index contributed by atoms with van der Waals surface area (Å²) in [6.07, 6.45) is 1.94. The van der Waals surface area contributed by atoms with Gasteiger partial charge in [-0.15, -0.1) is 10.2 Å². The van der Waals surface area contributed by atoms with Crippen molar-refractivity contribution in [3.8, 4) is 6.01 Å². The van der Waals surface area contributed by atoms with Gasteiger partial charge in [-0.25, -0.2) is 0 Å². The van der Waals surface area contributed by atoms with Crippen molar-refractivity contribution in [1.82, 2.24) is 25.1 Å². The highest BCUT2D eigenvalue weighted by atomic mass is 32.2. The van der Waals surface area contributed by atoms with Gasteiger partial charge in [0.2, 0.25) is 11.1 Å². The molecular formula is C7H8N6OS3. The molecule has 2 N–H and O–H groups in total. The summed E-state index contributed by atoms with van der Waals surface area (Å²) in [6.45, 7) is 0. The Bertz CT molecular complexity index is 518. The Morgan fingerprint density at radius 2 is 1.94 bits per heavy atom. The molecule has 0 aliphatic rings. The normalized spacial score (nSPS) is 10.5. The van der Waals surface area contributed by atoms with Gasteiger partial charge in [0.05, 0.1) is 7.11 Å². The van der Waals surface area contributed by atoms with Crippen LogP contribution in [0.25, 0.3) is 0 Å². The number of nitrogen functional groups attached to an aromatic ring is 1. The molecule has 0 bridgehead atoms. The Labute approximate surface area is 110 Å². The predicted octanol–water partition coefficient (Wildman–Crippen LogP) is 1.19. The summed E-state index contributed by atoms with van der Waals surface area (Å²) >= 11 is 4.29. The van der Waals surface area contributed by atoms with Crippen LogP contribution >= 0.6 is 34.9 Å². The SMILES string of the molecule is COc1nc(N)nc(Sc2nnc(SC)s2)n1. The number of nitrogens with zero attached hydrogens (tertiary/aromatic N) is 5. The third-order valence-corrected chi connectivity index (χ3v) is 4.35. The summed E-state index contributed by atoms with van der Waals surface area (Å²) in [6, 6.07) is 0.189. The van der Waals surface area contributed by atoms with Crippen molar-refractivity contribution in [3.63, 3.8) is 0 Å². The van der Waals surface area contributed by atoms with Gasteiger partial charge in [-0.3, -0.25) is 0 Å². The first-order valence-electron chi connectivity index (χ1n) is 4.32. The van der Waals surface area contributed by atoms with Crippen LogP contribution < -0.4 is 10.5 Å². The average molecular weight is 288 g/mol. The number of hydrogen-bond donors (Lipinski definition) is 1. The maximum absolute atomic E-state index is 5.53. The summed E-state index contributed by atoms with van der Waals surface area (Å²) in [5.74, 6) is 0.119. The zero-order chi connectivity index (χ0) is 12.3. The summed E-state index contributed by atoms with van der Waals surface area (Å²) in [4.78, 5) is 11.8. The summed E-state index contributed by atoms with van der Waals surface area (Å²) in [5, 5.41) is 8.41. The zero-order valence-corrected chi connectivity index (χ0v) is 11.4. The molecule has 10 heteroatoms. The summed E-state index contributed by atoms with van der Waals surface area (Å²) in [5.41, 5.74) is 5.53. The number of hydrogen-bond acceptors (Lipinski definition) is 10. The molecular weight excluding hydrogens is 280 g/mol. The zero-order valence-electron chi connectivity index (χ0n) is 8.95. The Balaban J connectivity index is 2.20. The molecule has 0 saturated carbocycles. The fourth-order valence-electron chi connectivity index (χ4n) is 0.889. The lowest BCUT2D eigenvalue weighted by Gasteiger charge is -2.00. The molecule has 0 radical (unpaired) electrons. The molecule has 0 aromatic carbocycles. The van der Waals surface area contributed by atoms with Gasteiger partial charge in [-0.1, -0.05) is 23.1 Å². The number of nitrogens with two attached hydrogens (primary N) is 1. The third-order valence-electron chi connectivity index (χ3n) is 1.54. The van der Waals surface area contributed by atoms with Gasteiger partial charge in [-0.05, 0) is 18.0 Å². The highest BCUT2D eigenvalue weighted by Crippen LogP contribution is 2.31. The number of thioether (sulfide) groups is 1. The number of aromatic nitrogens is 5. The molecule has 0 unspecified atom stereocenters. The number of rotatable bonds is 4. The van der Waals surface area contributed by atoms with Crippen LogP contribution in [0.5, 0.6) is 6.01 Å². The molecule has 2 heterocycles. The van der Waals surface area contributed by atoms with E-state index in [4.69, 9.17) is 10.5 Å². The van der Waals surface area contributed by atoms with E-state index < -0.39 is 0 Å². The van der Waals surface area contributed by atoms with Crippen LogP contribution in [-0.2, 0) is 0 Å². The number of ether oxygens (including phenoxy) is 1. The van der Waals surface area contributed by atoms with Crippen LogP contribution in [0.2, 0.25) is 0 Å². The van der Waals surface area contributed by atoms with Crippen molar-refractivity contribution in [2.75, 3.05) is 19.1 Å². The Morgan fingerprint density at radius 1 is 1.18 bits per heavy atom. The molecule has 2 rings (SSSR count). The second-order valence-electron chi connectivity index (χ2n) is 2.60. The van der Waals surface area contributed by atoms with E-state index in [-0.39, 0.29) is 12.0 Å². The Kier molecular flexibility index (Phi) is 3.97. The van der Waals surface area contributed by atoms with Crippen molar-refractivity contribution in [1.29, 1.82) is 0 Å². The van der Waals surface area contributed by atoms with Crippen molar-refractivity contribution >= 4 is 40.8 Å². The van der Waals surface area contributed by atoms with Crippen LogP contribution in [0.15, 0.2) is 13.8 Å². The quantitative estimate of drug-likeness (QED) is 0.831. The highest BCUT2D eigenvalue weighted by Gasteiger charge is 2.10. The monoisotopic (exact) mass is 288 g/mol. The van der Waals surface area contributed by atoms with Gasteiger partial charge in [0.25, 0.3) is 0 Å². The second kappa shape index (κ2) is 5.47. The van der Waals surface area contributed by atoms with Gasteiger partial charge < -0.3 is 10.5 Å². The van der Waals surface area contributed by atoms with E-state index in [1.165, 1.54) is 30.2 Å². The van der Waals surface area contributed by atoms with Crippen molar-refractivity contribution in [3.05, 3.63) is 0 Å². The first-order chi connectivity index (χ1) is 8.21. The van der Waals surface area contributed by atoms with E-state index in [9.17, 15) is 0 Å². The molecule has 0 atom stereocenters.